The van der Waals surface area contributed by atoms with E-state index >= 15 is 0 Å². The van der Waals surface area contributed by atoms with E-state index < -0.39 is 65.4 Å². The number of anilines is 2. The Labute approximate surface area is 485 Å². The maximum Gasteiger partial charge on any atom is 0.322 e. The fourth-order valence-electron chi connectivity index (χ4n) is 8.71. The van der Waals surface area contributed by atoms with E-state index in [-0.39, 0.29) is 186 Å². The summed E-state index contributed by atoms with van der Waals surface area (Å²) in [4.78, 5) is 183. The second kappa shape index (κ2) is 40.4. The van der Waals surface area contributed by atoms with Crippen molar-refractivity contribution in [2.75, 3.05) is 235 Å². The molecule has 35 nitrogen and oxygen atoms in total. The number of nitrogens with zero attached hydrogens (tertiary/aromatic N) is 8. The van der Waals surface area contributed by atoms with Gasteiger partial charge in [-0.3, -0.25) is 96.7 Å². The first kappa shape index (κ1) is 71.4. The molecule has 0 atom stereocenters. The Morgan fingerprint density at radius 2 is 0.643 bits per heavy atom. The molecular weight excluding hydrogens is 1110 g/mol. The van der Waals surface area contributed by atoms with Crippen molar-refractivity contribution >= 4 is 70.4 Å². The van der Waals surface area contributed by atoms with E-state index in [1.165, 1.54) is 21.1 Å². The van der Waals surface area contributed by atoms with Crippen LogP contribution in [0.1, 0.15) is 6.92 Å². The van der Waals surface area contributed by atoms with Gasteiger partial charge in [0.25, 0.3) is 10.9 Å². The van der Waals surface area contributed by atoms with E-state index in [1.807, 2.05) is 24.5 Å². The highest BCUT2D eigenvalue weighted by Crippen LogP contribution is 2.13. The maximum absolute atomic E-state index is 13.4. The number of rotatable bonds is 34. The minimum absolute atomic E-state index is 0.00443. The number of carboxylic acids is 2. The van der Waals surface area contributed by atoms with Crippen LogP contribution in [-0.2, 0) is 67.5 Å². The number of ketones is 1. The molecule has 0 aromatic heterocycles. The Kier molecular flexibility index (Phi) is 34.3. The van der Waals surface area contributed by atoms with Crippen LogP contribution in [0.4, 0.5) is 11.4 Å². The molecule has 0 saturated carbocycles. The van der Waals surface area contributed by atoms with Gasteiger partial charge in [0.1, 0.15) is 30.2 Å². The number of hydrogen-bond acceptors (Lipinski definition) is 26. The van der Waals surface area contributed by atoms with Gasteiger partial charge in [-0.25, -0.2) is 19.6 Å². The van der Waals surface area contributed by atoms with Crippen LogP contribution >= 0.6 is 0 Å². The summed E-state index contributed by atoms with van der Waals surface area (Å²) in [6, 6.07) is 0. The van der Waals surface area contributed by atoms with Crippen LogP contribution in [0.2, 0.25) is 0 Å². The van der Waals surface area contributed by atoms with Gasteiger partial charge in [0, 0.05) is 131 Å². The molecule has 2 heterocycles. The number of Topliss-reactive ketones (excluding diaryl/α,β-unsaturated/α-hetero) is 1. The molecule has 2 saturated heterocycles. The zero-order chi connectivity index (χ0) is 61.8. The molecule has 0 spiro atoms. The number of carbonyl (C=O) groups is 10. The zero-order valence-corrected chi connectivity index (χ0v) is 48.2. The highest BCUT2D eigenvalue weighted by Gasteiger charge is 2.25. The van der Waals surface area contributed by atoms with E-state index in [9.17, 15) is 57.5 Å². The smallest absolute Gasteiger partial charge is 0.322 e. The lowest BCUT2D eigenvalue weighted by molar-refractivity contribution is -0.275. The summed E-state index contributed by atoms with van der Waals surface area (Å²) in [5, 5.41) is 39.3. The second-order valence-electron chi connectivity index (χ2n) is 19.7. The summed E-state index contributed by atoms with van der Waals surface area (Å²) in [7, 11) is 2.59. The SMILES string of the molecule is COOCNC(=O)CN1CCN(CC(C)=O)CCN(CC(=O)NCC(=O)O)CCN(CC(=O)NCCNc2c(NCCNC(=O)CN3CCN(CC(N)=O)CCN(CC(=O)NCC(=O)O)CCN(CC(=O)NCOOC)CC3)c(=O)c2=O)CC1. The molecule has 474 valence electrons. The topological polar surface area (TPSA) is 430 Å². The Bertz CT molecular complexity index is 2360. The monoisotopic (exact) mass is 1200 g/mol. The van der Waals surface area contributed by atoms with Crippen LogP contribution < -0.4 is 59.1 Å². The van der Waals surface area contributed by atoms with Crippen LogP contribution in [0.25, 0.3) is 0 Å². The summed E-state index contributed by atoms with van der Waals surface area (Å²) < 4.78 is 0. The molecule has 1 aromatic carbocycles. The van der Waals surface area contributed by atoms with Gasteiger partial charge < -0.3 is 58.5 Å². The maximum atomic E-state index is 13.4. The van der Waals surface area contributed by atoms with Crippen LogP contribution in [-0.4, -0.2) is 333 Å². The third kappa shape index (κ3) is 31.1. The molecule has 2 aliphatic rings. The average molecular weight is 1200 g/mol. The standard InChI is InChI=1S/C49H85N17O18/c1-36(67)26-59-8-12-63(30-40(71)55-24-44(75)76)19-16-62(18-21-65(13-9-59)32-42(73)57-34-83-81-2)29-39(70)52-5-7-54-47-46(48(79)49(47)80)53-6-4-51-38(69)28-61-14-10-60(27-37(50)68)11-15-64(31-41(72)56-25-45(77)78)20-23-66(22-17-61)33-43(74)58-35-84-82-3/h53-54H,4-35H2,1-3H3,(H2,50,68)(H,51,69)(H,52,70)(H,55,71)(H,56,72)(H,57,73)(H,58,74)(H,75,76)(H,77,78). The molecule has 12 N–H and O–H groups in total. The first-order valence-corrected chi connectivity index (χ1v) is 27.4. The number of aliphatic carboxylic acids is 2. The first-order chi connectivity index (χ1) is 40.1. The third-order valence-electron chi connectivity index (χ3n) is 13.1. The molecule has 35 heteroatoms. The Balaban J connectivity index is 1.60. The van der Waals surface area contributed by atoms with Gasteiger partial charge in [0.05, 0.1) is 66.6 Å². The van der Waals surface area contributed by atoms with Crippen molar-refractivity contribution in [2.45, 2.75) is 6.92 Å². The lowest BCUT2D eigenvalue weighted by atomic mass is 10.2. The van der Waals surface area contributed by atoms with E-state index in [2.05, 4.69) is 52.3 Å². The first-order valence-electron chi connectivity index (χ1n) is 27.4. The number of hydrogen-bond donors (Lipinski definition) is 11. The van der Waals surface area contributed by atoms with Crippen molar-refractivity contribution < 1.29 is 77.7 Å². The predicted molar refractivity (Wildman–Crippen MR) is 299 cm³/mol. The van der Waals surface area contributed by atoms with Crippen LogP contribution in [0, 0.1) is 0 Å². The molecule has 84 heavy (non-hydrogen) atoms. The van der Waals surface area contributed by atoms with Crippen LogP contribution in [0.15, 0.2) is 9.59 Å². The van der Waals surface area contributed by atoms with Crippen molar-refractivity contribution in [1.82, 2.24) is 71.1 Å². The van der Waals surface area contributed by atoms with E-state index in [4.69, 9.17) is 25.7 Å². The highest BCUT2D eigenvalue weighted by molar-refractivity contribution is 5.84. The van der Waals surface area contributed by atoms with Gasteiger partial charge in [-0.05, 0) is 6.92 Å². The quantitative estimate of drug-likeness (QED) is 0.0100. The number of amides is 7. The predicted octanol–water partition coefficient (Wildman–Crippen LogP) is -9.44. The van der Waals surface area contributed by atoms with E-state index in [0.29, 0.717) is 39.3 Å². The van der Waals surface area contributed by atoms with Gasteiger partial charge in [-0.2, -0.15) is 0 Å². The lowest BCUT2D eigenvalue weighted by Gasteiger charge is -2.33. The van der Waals surface area contributed by atoms with Gasteiger partial charge >= 0.3 is 11.9 Å². The van der Waals surface area contributed by atoms with Crippen LogP contribution in [0.5, 0.6) is 0 Å². The minimum atomic E-state index is -1.21. The largest absolute Gasteiger partial charge is 0.480 e. The number of carbonyl (C=O) groups excluding carboxylic acids is 8. The molecule has 2 fully saturated rings. The molecule has 0 radical (unpaired) electrons. The number of carboxylic acid groups (broad SMARTS) is 2. The molecule has 3 rings (SSSR count). The van der Waals surface area contributed by atoms with Gasteiger partial charge in [0.15, 0.2) is 13.5 Å². The van der Waals surface area contributed by atoms with Gasteiger partial charge in [0.2, 0.25) is 41.4 Å². The third-order valence-corrected chi connectivity index (χ3v) is 13.1. The lowest BCUT2D eigenvalue weighted by Crippen LogP contribution is -2.51. The number of primary amides is 1. The zero-order valence-electron chi connectivity index (χ0n) is 48.2. The molecule has 0 unspecified atom stereocenters. The molecule has 2 aliphatic heterocycles. The van der Waals surface area contributed by atoms with E-state index in [0.717, 1.165) is 0 Å². The van der Waals surface area contributed by atoms with E-state index in [1.54, 1.807) is 14.7 Å². The van der Waals surface area contributed by atoms with Crippen molar-refractivity contribution in [1.29, 1.82) is 0 Å². The summed E-state index contributed by atoms with van der Waals surface area (Å²) >= 11 is 0. The molecule has 0 aliphatic carbocycles. The number of nitrogens with two attached hydrogens (primary N) is 1. The van der Waals surface area contributed by atoms with Crippen molar-refractivity contribution in [3.63, 3.8) is 0 Å². The highest BCUT2D eigenvalue weighted by atomic mass is 17.2. The Hall–Kier alpha value is -6.90. The Morgan fingerprint density at radius 1 is 0.393 bits per heavy atom. The average Bonchev–Trinajstić information content (AvgIpc) is 1.81. The fourth-order valence-corrected chi connectivity index (χ4v) is 8.71. The minimum Gasteiger partial charge on any atom is -0.480 e. The van der Waals surface area contributed by atoms with Crippen molar-refractivity contribution in [2.24, 2.45) is 5.73 Å². The summed E-state index contributed by atoms with van der Waals surface area (Å²) in [5.74, 6) is -5.65. The van der Waals surface area contributed by atoms with Gasteiger partial charge in [-0.1, -0.05) is 0 Å². The summed E-state index contributed by atoms with van der Waals surface area (Å²) in [6.45, 7) is 4.39. The molecule has 0 bridgehead atoms. The van der Waals surface area contributed by atoms with Crippen LogP contribution in [0.3, 0.4) is 0 Å². The van der Waals surface area contributed by atoms with Gasteiger partial charge in [-0.15, -0.1) is 0 Å². The van der Waals surface area contributed by atoms with Crippen molar-refractivity contribution in [3.8, 4) is 0 Å². The summed E-state index contributed by atoms with van der Waals surface area (Å²) in [6.07, 6.45) is 0. The molecule has 1 aromatic rings. The van der Waals surface area contributed by atoms with Crippen molar-refractivity contribution in [3.05, 3.63) is 20.4 Å². The number of nitrogens with one attached hydrogen (secondary N) is 8. The molecule has 7 amide bonds. The second-order valence-corrected chi connectivity index (χ2v) is 19.7. The summed E-state index contributed by atoms with van der Waals surface area (Å²) in [5.41, 5.74) is 4.03. The fraction of sp³-hybridized carbons (Fsp3) is 0.714. The Morgan fingerprint density at radius 3 is 0.893 bits per heavy atom. The normalized spacial score (nSPS) is 16.8. The molecular formula is C49H85N17O18.